The molecule has 0 spiro atoms. The van der Waals surface area contributed by atoms with Gasteiger partial charge in [0.2, 0.25) is 0 Å². The van der Waals surface area contributed by atoms with Crippen molar-refractivity contribution in [2.24, 2.45) is 0 Å². The first-order valence-corrected chi connectivity index (χ1v) is 7.42. The Morgan fingerprint density at radius 3 is 2.58 bits per heavy atom. The van der Waals surface area contributed by atoms with E-state index in [0.29, 0.717) is 6.04 Å². The summed E-state index contributed by atoms with van der Waals surface area (Å²) in [6.07, 6.45) is 4.78. The highest BCUT2D eigenvalue weighted by atomic mass is 35.5. The lowest BCUT2D eigenvalue weighted by atomic mass is 10.0. The summed E-state index contributed by atoms with van der Waals surface area (Å²) in [6, 6.07) is 8.06. The molecule has 1 rings (SSSR count). The second-order valence-electron chi connectivity index (χ2n) is 5.05. The van der Waals surface area contributed by atoms with Crippen molar-refractivity contribution in [3.8, 4) is 0 Å². The monoisotopic (exact) mass is 286 g/mol. The molecule has 0 amide bonds. The largest absolute Gasteiger partial charge is 0.381 e. The highest BCUT2D eigenvalue weighted by molar-refractivity contribution is 6.33. The Morgan fingerprint density at radius 1 is 1.21 bits per heavy atom. The molecule has 2 atom stereocenters. The lowest BCUT2D eigenvalue weighted by Gasteiger charge is -2.18. The zero-order valence-electron chi connectivity index (χ0n) is 11.8. The normalized spacial score (nSPS) is 14.1. The molecule has 4 heteroatoms. The van der Waals surface area contributed by atoms with Gasteiger partial charge in [-0.1, -0.05) is 37.1 Å². The number of benzene rings is 1. The number of nitrogens with one attached hydrogen (secondary N) is 2. The van der Waals surface area contributed by atoms with Crippen LogP contribution in [0.2, 0.25) is 5.02 Å². The van der Waals surface area contributed by atoms with Gasteiger partial charge in [-0.15, -0.1) is 4.48 Å². The molecule has 0 aliphatic rings. The van der Waals surface area contributed by atoms with E-state index in [2.05, 4.69) is 19.2 Å². The first-order chi connectivity index (χ1) is 9.17. The summed E-state index contributed by atoms with van der Waals surface area (Å²) >= 11 is 6.09. The number of anilines is 1. The average Bonchev–Trinajstić information content (AvgIpc) is 2.40. The van der Waals surface area contributed by atoms with Crippen LogP contribution in [0, 0.1) is 0 Å². The Bertz CT molecular complexity index is 360. The molecule has 0 aliphatic carbocycles. The molecular weight excluding hydrogens is 263 g/mol. The van der Waals surface area contributed by atoms with Gasteiger partial charge in [0.25, 0.3) is 0 Å². The third-order valence-electron chi connectivity index (χ3n) is 3.26. The summed E-state index contributed by atoms with van der Waals surface area (Å²) in [4.78, 5) is 0. The highest BCUT2D eigenvalue weighted by Crippen LogP contribution is 2.22. The van der Waals surface area contributed by atoms with Crippen LogP contribution in [-0.4, -0.2) is 12.1 Å². The van der Waals surface area contributed by atoms with Gasteiger partial charge < -0.3 is 5.32 Å². The topological polar surface area (TPSA) is 24.1 Å². The molecule has 1 aromatic rings. The maximum absolute atomic E-state index is 12.5. The van der Waals surface area contributed by atoms with Crippen molar-refractivity contribution in [3.05, 3.63) is 29.3 Å². The van der Waals surface area contributed by atoms with Gasteiger partial charge >= 0.3 is 0 Å². The predicted octanol–water partition coefficient (Wildman–Crippen LogP) is 4.95. The molecule has 0 radical (unpaired) electrons. The van der Waals surface area contributed by atoms with Crippen LogP contribution in [0.4, 0.5) is 10.2 Å². The van der Waals surface area contributed by atoms with Crippen molar-refractivity contribution >= 4 is 17.3 Å². The van der Waals surface area contributed by atoms with Crippen molar-refractivity contribution < 1.29 is 4.48 Å². The first kappa shape index (κ1) is 16.3. The number of hydrogen-bond donors (Lipinski definition) is 2. The first-order valence-electron chi connectivity index (χ1n) is 7.04. The van der Waals surface area contributed by atoms with Gasteiger partial charge in [-0.2, -0.15) is 5.54 Å². The van der Waals surface area contributed by atoms with Crippen molar-refractivity contribution in [3.63, 3.8) is 0 Å². The second kappa shape index (κ2) is 9.16. The van der Waals surface area contributed by atoms with Crippen LogP contribution in [0.25, 0.3) is 0 Å². The fourth-order valence-electron chi connectivity index (χ4n) is 2.19. The van der Waals surface area contributed by atoms with Gasteiger partial charge in [0, 0.05) is 12.1 Å². The lowest BCUT2D eigenvalue weighted by Crippen LogP contribution is -2.22. The zero-order chi connectivity index (χ0) is 14.1. The molecule has 0 saturated heterocycles. The summed E-state index contributed by atoms with van der Waals surface area (Å²) in [5, 5.41) is 4.13. The van der Waals surface area contributed by atoms with Crippen LogP contribution < -0.4 is 10.9 Å². The number of rotatable bonds is 9. The van der Waals surface area contributed by atoms with Gasteiger partial charge in [0.1, 0.15) is 0 Å². The Labute approximate surface area is 120 Å². The molecule has 2 unspecified atom stereocenters. The molecular formula is C15H24ClFN2. The van der Waals surface area contributed by atoms with E-state index < -0.39 is 0 Å². The van der Waals surface area contributed by atoms with E-state index in [1.54, 1.807) is 0 Å². The Morgan fingerprint density at radius 2 is 1.95 bits per heavy atom. The minimum atomic E-state index is -0.00230. The van der Waals surface area contributed by atoms with Gasteiger partial charge in [-0.05, 0) is 44.7 Å². The zero-order valence-corrected chi connectivity index (χ0v) is 12.5. The number of hydrogen-bond acceptors (Lipinski definition) is 2. The Kier molecular flexibility index (Phi) is 7.84. The van der Waals surface area contributed by atoms with Crippen LogP contribution in [0.1, 0.15) is 46.0 Å². The maximum atomic E-state index is 12.5. The summed E-state index contributed by atoms with van der Waals surface area (Å²) in [5.41, 5.74) is 2.86. The lowest BCUT2D eigenvalue weighted by molar-refractivity contribution is 0.245. The van der Waals surface area contributed by atoms with Crippen LogP contribution in [0.3, 0.4) is 0 Å². The van der Waals surface area contributed by atoms with E-state index in [9.17, 15) is 4.48 Å². The molecule has 0 aliphatic heterocycles. The predicted molar refractivity (Wildman–Crippen MR) is 81.3 cm³/mol. The van der Waals surface area contributed by atoms with Crippen molar-refractivity contribution in [2.45, 2.75) is 58.0 Å². The highest BCUT2D eigenvalue weighted by Gasteiger charge is 2.09. The molecule has 0 saturated carbocycles. The smallest absolute Gasteiger partial charge is 0.0637 e. The van der Waals surface area contributed by atoms with Gasteiger partial charge in [0.05, 0.1) is 10.7 Å². The minimum Gasteiger partial charge on any atom is -0.381 e. The van der Waals surface area contributed by atoms with Gasteiger partial charge in [-0.3, -0.25) is 0 Å². The van der Waals surface area contributed by atoms with Crippen LogP contribution >= 0.6 is 11.6 Å². The summed E-state index contributed by atoms with van der Waals surface area (Å²) < 4.78 is 12.5. The summed E-state index contributed by atoms with van der Waals surface area (Å²) in [7, 11) is 0. The molecule has 0 aromatic heterocycles. The summed E-state index contributed by atoms with van der Waals surface area (Å²) in [6.45, 7) is 4.20. The quantitative estimate of drug-likeness (QED) is 0.627. The van der Waals surface area contributed by atoms with E-state index in [1.165, 1.54) is 0 Å². The van der Waals surface area contributed by atoms with E-state index in [4.69, 9.17) is 11.6 Å². The van der Waals surface area contributed by atoms with E-state index in [0.717, 1.165) is 42.8 Å². The van der Waals surface area contributed by atoms with Crippen LogP contribution in [0.15, 0.2) is 24.3 Å². The SMILES string of the molecule is CCCC(CCCC(C)Nc1ccccc1Cl)NF. The number of para-hydroxylation sites is 1. The molecule has 2 nitrogen and oxygen atoms in total. The average molecular weight is 287 g/mol. The standard InChI is InChI=1S/C15H24ClFN2/c1-3-7-13(19-17)9-6-8-12(2)18-15-11-5-4-10-14(15)16/h4-5,10-13,18-19H,3,6-9H2,1-2H3. The molecule has 0 fully saturated rings. The molecule has 0 heterocycles. The molecule has 108 valence electrons. The maximum Gasteiger partial charge on any atom is 0.0637 e. The minimum absolute atomic E-state index is 0.00230. The molecule has 19 heavy (non-hydrogen) atoms. The fourth-order valence-corrected chi connectivity index (χ4v) is 2.38. The van der Waals surface area contributed by atoms with Crippen molar-refractivity contribution in [2.75, 3.05) is 5.32 Å². The van der Waals surface area contributed by atoms with Gasteiger partial charge in [0.15, 0.2) is 0 Å². The van der Waals surface area contributed by atoms with E-state index in [-0.39, 0.29) is 6.04 Å². The molecule has 0 bridgehead atoms. The molecule has 1 aromatic carbocycles. The van der Waals surface area contributed by atoms with E-state index in [1.807, 2.05) is 29.8 Å². The third kappa shape index (κ3) is 6.26. The molecule has 2 N–H and O–H groups in total. The summed E-state index contributed by atoms with van der Waals surface area (Å²) in [5.74, 6) is 0. The van der Waals surface area contributed by atoms with Crippen LogP contribution in [-0.2, 0) is 0 Å². The van der Waals surface area contributed by atoms with Crippen LogP contribution in [0.5, 0.6) is 0 Å². The van der Waals surface area contributed by atoms with E-state index >= 15 is 0 Å². The van der Waals surface area contributed by atoms with Crippen molar-refractivity contribution in [1.29, 1.82) is 0 Å². The number of halogens is 2. The Hall–Kier alpha value is -0.800. The van der Waals surface area contributed by atoms with Gasteiger partial charge in [-0.25, -0.2) is 0 Å². The second-order valence-corrected chi connectivity index (χ2v) is 5.46. The third-order valence-corrected chi connectivity index (χ3v) is 3.59. The fraction of sp³-hybridized carbons (Fsp3) is 0.600. The Balaban J connectivity index is 2.28. The van der Waals surface area contributed by atoms with Crippen molar-refractivity contribution in [1.82, 2.24) is 5.54 Å².